The van der Waals surface area contributed by atoms with Crippen LogP contribution in [0.25, 0.3) is 0 Å². The Morgan fingerprint density at radius 1 is 1.10 bits per heavy atom. The van der Waals surface area contributed by atoms with Gasteiger partial charge >= 0.3 is 5.97 Å². The lowest BCUT2D eigenvalue weighted by Gasteiger charge is -2.29. The summed E-state index contributed by atoms with van der Waals surface area (Å²) in [6.45, 7) is 4.26. The quantitative estimate of drug-likeness (QED) is 0.718. The van der Waals surface area contributed by atoms with Gasteiger partial charge in [0.1, 0.15) is 0 Å². The van der Waals surface area contributed by atoms with Crippen molar-refractivity contribution < 1.29 is 14.7 Å². The van der Waals surface area contributed by atoms with Crippen molar-refractivity contribution in [3.63, 3.8) is 0 Å². The van der Waals surface area contributed by atoms with E-state index in [0.717, 1.165) is 51.4 Å². The summed E-state index contributed by atoms with van der Waals surface area (Å²) < 4.78 is 0. The summed E-state index contributed by atoms with van der Waals surface area (Å²) in [6.07, 6.45) is 8.51. The molecule has 3 unspecified atom stereocenters. The van der Waals surface area contributed by atoms with Gasteiger partial charge in [-0.1, -0.05) is 46.0 Å². The summed E-state index contributed by atoms with van der Waals surface area (Å²) in [5.41, 5.74) is 0. The van der Waals surface area contributed by atoms with Crippen molar-refractivity contribution >= 4 is 11.9 Å². The van der Waals surface area contributed by atoms with E-state index in [-0.39, 0.29) is 17.9 Å². The van der Waals surface area contributed by atoms with E-state index in [1.807, 2.05) is 0 Å². The predicted octanol–water partition coefficient (Wildman–Crippen LogP) is 3.35. The number of carbonyl (C=O) groups is 2. The third-order valence-corrected chi connectivity index (χ3v) is 4.31. The molecule has 1 rings (SSSR count). The molecule has 0 aliphatic heterocycles. The Balaban J connectivity index is 2.58. The molecule has 4 heteroatoms. The maximum absolute atomic E-state index is 12.4. The average molecular weight is 283 g/mol. The Labute approximate surface area is 122 Å². The molecule has 0 aromatic rings. The third-order valence-electron chi connectivity index (χ3n) is 4.31. The first-order valence-corrected chi connectivity index (χ1v) is 8.13. The van der Waals surface area contributed by atoms with Crippen molar-refractivity contribution in [1.82, 2.24) is 5.32 Å². The van der Waals surface area contributed by atoms with Gasteiger partial charge in [-0.3, -0.25) is 9.59 Å². The molecule has 1 aliphatic carbocycles. The van der Waals surface area contributed by atoms with Gasteiger partial charge in [0, 0.05) is 6.04 Å². The van der Waals surface area contributed by atoms with E-state index in [1.54, 1.807) is 0 Å². The van der Waals surface area contributed by atoms with E-state index in [2.05, 4.69) is 19.2 Å². The average Bonchev–Trinajstić information content (AvgIpc) is 2.44. The fraction of sp³-hybridized carbons (Fsp3) is 0.875. The number of carbonyl (C=O) groups excluding carboxylic acids is 1. The molecular weight excluding hydrogens is 254 g/mol. The maximum atomic E-state index is 12.4. The van der Waals surface area contributed by atoms with E-state index in [4.69, 9.17) is 0 Å². The molecule has 0 saturated heterocycles. The van der Waals surface area contributed by atoms with E-state index in [1.165, 1.54) is 0 Å². The first kappa shape index (κ1) is 17.0. The molecule has 0 bridgehead atoms. The lowest BCUT2D eigenvalue weighted by molar-refractivity contribution is -0.149. The van der Waals surface area contributed by atoms with E-state index >= 15 is 0 Å². The smallest absolute Gasteiger partial charge is 0.307 e. The number of hydrogen-bond donors (Lipinski definition) is 2. The molecule has 1 amide bonds. The number of carboxylic acids is 1. The first-order chi connectivity index (χ1) is 9.60. The van der Waals surface area contributed by atoms with Crippen LogP contribution in [0.3, 0.4) is 0 Å². The van der Waals surface area contributed by atoms with Gasteiger partial charge in [0.25, 0.3) is 0 Å². The fourth-order valence-corrected chi connectivity index (χ4v) is 3.14. The lowest BCUT2D eigenvalue weighted by atomic mass is 9.78. The zero-order valence-corrected chi connectivity index (χ0v) is 12.9. The Morgan fingerprint density at radius 3 is 2.30 bits per heavy atom. The normalized spacial score (nSPS) is 24.1. The third kappa shape index (κ3) is 5.14. The van der Waals surface area contributed by atoms with E-state index in [0.29, 0.717) is 6.42 Å². The molecule has 20 heavy (non-hydrogen) atoms. The van der Waals surface area contributed by atoms with Gasteiger partial charge in [0.15, 0.2) is 0 Å². The molecule has 3 atom stereocenters. The van der Waals surface area contributed by atoms with E-state index < -0.39 is 11.9 Å². The minimum atomic E-state index is -0.814. The van der Waals surface area contributed by atoms with Gasteiger partial charge in [0.2, 0.25) is 5.91 Å². The van der Waals surface area contributed by atoms with Crippen LogP contribution in [-0.4, -0.2) is 23.0 Å². The van der Waals surface area contributed by atoms with Gasteiger partial charge in [-0.25, -0.2) is 0 Å². The molecule has 1 saturated carbocycles. The van der Waals surface area contributed by atoms with Gasteiger partial charge < -0.3 is 10.4 Å². The van der Waals surface area contributed by atoms with Crippen molar-refractivity contribution in [3.8, 4) is 0 Å². The van der Waals surface area contributed by atoms with Crippen molar-refractivity contribution in [2.24, 2.45) is 11.8 Å². The van der Waals surface area contributed by atoms with Gasteiger partial charge in [-0.05, 0) is 25.7 Å². The molecule has 116 valence electrons. The van der Waals surface area contributed by atoms with Crippen molar-refractivity contribution in [2.75, 3.05) is 0 Å². The van der Waals surface area contributed by atoms with E-state index in [9.17, 15) is 14.7 Å². The summed E-state index contributed by atoms with van der Waals surface area (Å²) in [6, 6.07) is 0.212. The second kappa shape index (κ2) is 8.98. The molecule has 2 N–H and O–H groups in total. The van der Waals surface area contributed by atoms with Gasteiger partial charge in [-0.15, -0.1) is 0 Å². The number of hydrogen-bond acceptors (Lipinski definition) is 2. The topological polar surface area (TPSA) is 66.4 Å². The summed E-state index contributed by atoms with van der Waals surface area (Å²) in [5.74, 6) is -1.67. The fourth-order valence-electron chi connectivity index (χ4n) is 3.14. The molecule has 4 nitrogen and oxygen atoms in total. The van der Waals surface area contributed by atoms with Crippen LogP contribution in [-0.2, 0) is 9.59 Å². The molecule has 0 spiro atoms. The first-order valence-electron chi connectivity index (χ1n) is 8.13. The number of aliphatic carboxylic acids is 1. The highest BCUT2D eigenvalue weighted by Gasteiger charge is 2.36. The number of carboxylic acid groups (broad SMARTS) is 1. The zero-order valence-electron chi connectivity index (χ0n) is 12.9. The summed E-state index contributed by atoms with van der Waals surface area (Å²) in [7, 11) is 0. The molecule has 1 fully saturated rings. The van der Waals surface area contributed by atoms with Crippen molar-refractivity contribution in [2.45, 2.75) is 77.7 Å². The van der Waals surface area contributed by atoms with Crippen LogP contribution in [0.5, 0.6) is 0 Å². The van der Waals surface area contributed by atoms with Crippen molar-refractivity contribution in [3.05, 3.63) is 0 Å². The van der Waals surface area contributed by atoms with Gasteiger partial charge in [-0.2, -0.15) is 0 Å². The minimum absolute atomic E-state index is 0.0355. The SMILES string of the molecule is CCCCC(CCC)NC(=O)C1CCCCC1C(=O)O. The van der Waals surface area contributed by atoms with Crippen LogP contribution in [0.2, 0.25) is 0 Å². The largest absolute Gasteiger partial charge is 0.481 e. The van der Waals surface area contributed by atoms with Crippen LogP contribution in [0.4, 0.5) is 0 Å². The van der Waals surface area contributed by atoms with Crippen molar-refractivity contribution in [1.29, 1.82) is 0 Å². The Bertz CT molecular complexity index is 317. The highest BCUT2D eigenvalue weighted by atomic mass is 16.4. The second-order valence-electron chi connectivity index (χ2n) is 5.97. The molecule has 0 aromatic heterocycles. The minimum Gasteiger partial charge on any atom is -0.481 e. The van der Waals surface area contributed by atoms with Crippen LogP contribution < -0.4 is 5.32 Å². The highest BCUT2D eigenvalue weighted by Crippen LogP contribution is 2.30. The summed E-state index contributed by atoms with van der Waals surface area (Å²) in [5, 5.41) is 12.4. The summed E-state index contributed by atoms with van der Waals surface area (Å²) >= 11 is 0. The maximum Gasteiger partial charge on any atom is 0.307 e. The summed E-state index contributed by atoms with van der Waals surface area (Å²) in [4.78, 5) is 23.7. The second-order valence-corrected chi connectivity index (χ2v) is 5.97. The van der Waals surface area contributed by atoms with Gasteiger partial charge in [0.05, 0.1) is 11.8 Å². The zero-order chi connectivity index (χ0) is 15.0. The monoisotopic (exact) mass is 283 g/mol. The molecular formula is C16H29NO3. The number of amides is 1. The highest BCUT2D eigenvalue weighted by molar-refractivity contribution is 5.85. The standard InChI is InChI=1S/C16H29NO3/c1-3-5-9-12(8-4-2)17-15(18)13-10-6-7-11-14(13)16(19)20/h12-14H,3-11H2,1-2H3,(H,17,18)(H,19,20). The Kier molecular flexibility index (Phi) is 7.63. The number of unbranched alkanes of at least 4 members (excludes halogenated alkanes) is 1. The van der Waals surface area contributed by atoms with Crippen LogP contribution >= 0.6 is 0 Å². The number of nitrogens with one attached hydrogen (secondary N) is 1. The number of rotatable bonds is 8. The predicted molar refractivity (Wildman–Crippen MR) is 79.4 cm³/mol. The molecule has 0 aromatic carbocycles. The Hall–Kier alpha value is -1.06. The van der Waals surface area contributed by atoms with Crippen LogP contribution in [0, 0.1) is 11.8 Å². The van der Waals surface area contributed by atoms with Crippen LogP contribution in [0.1, 0.15) is 71.6 Å². The molecule has 1 aliphatic rings. The molecule has 0 radical (unpaired) electrons. The van der Waals surface area contributed by atoms with Crippen LogP contribution in [0.15, 0.2) is 0 Å². The Morgan fingerprint density at radius 2 is 1.75 bits per heavy atom. The molecule has 0 heterocycles. The lowest BCUT2D eigenvalue weighted by Crippen LogP contribution is -2.44.